The van der Waals surface area contributed by atoms with E-state index >= 15 is 0 Å². The second-order valence-electron chi connectivity index (χ2n) is 6.79. The number of nitrogens with one attached hydrogen (secondary N) is 3. The minimum Gasteiger partial charge on any atom is -0.477 e. The lowest BCUT2D eigenvalue weighted by Crippen LogP contribution is -2.26. The largest absolute Gasteiger partial charge is 0.477 e. The Morgan fingerprint density at radius 3 is 2.55 bits per heavy atom. The highest BCUT2D eigenvalue weighted by molar-refractivity contribution is 7.98. The molecule has 0 fully saturated rings. The fraction of sp³-hybridized carbons (Fsp3) is 0.261. The van der Waals surface area contributed by atoms with Gasteiger partial charge in [-0.1, -0.05) is 30.3 Å². The van der Waals surface area contributed by atoms with Crippen LogP contribution in [0.5, 0.6) is 5.88 Å². The summed E-state index contributed by atoms with van der Waals surface area (Å²) in [5, 5.41) is 12.4. The average Bonchev–Trinajstić information content (AvgIpc) is 3.27. The van der Waals surface area contributed by atoms with Crippen molar-refractivity contribution in [2.75, 3.05) is 19.4 Å². The van der Waals surface area contributed by atoms with E-state index in [0.717, 1.165) is 16.0 Å². The highest BCUT2D eigenvalue weighted by atomic mass is 32.2. The number of aromatic amines is 1. The molecule has 0 saturated heterocycles. The fourth-order valence-corrected chi connectivity index (χ4v) is 3.39. The van der Waals surface area contributed by atoms with Crippen molar-refractivity contribution in [1.29, 1.82) is 0 Å². The van der Waals surface area contributed by atoms with Crippen molar-refractivity contribution < 1.29 is 14.3 Å². The number of H-pyrrole nitrogens is 1. The van der Waals surface area contributed by atoms with Crippen molar-refractivity contribution in [3.8, 4) is 5.88 Å². The quantitative estimate of drug-likeness (QED) is 0.422. The molecule has 2 amide bonds. The molecule has 0 aliphatic rings. The number of amides is 2. The standard InChI is InChI=1S/C23H26N4O3S/c1-3-30-21-14-20(26-27-21)23(29)24-12-11-16-7-9-17(10-8-16)15-25-22(28)18-5-4-6-19(13-18)31-2/h4-10,13-14H,3,11-12,15H2,1-2H3,(H,24,29)(H,25,28)(H,26,27). The number of hydrogen-bond donors (Lipinski definition) is 3. The Kier molecular flexibility index (Phi) is 8.12. The molecular formula is C23H26N4O3S. The van der Waals surface area contributed by atoms with Crippen LogP contribution in [0.4, 0.5) is 0 Å². The Morgan fingerprint density at radius 2 is 1.81 bits per heavy atom. The molecule has 0 radical (unpaired) electrons. The zero-order valence-electron chi connectivity index (χ0n) is 17.6. The summed E-state index contributed by atoms with van der Waals surface area (Å²) in [5.74, 6) is 0.101. The van der Waals surface area contributed by atoms with Gasteiger partial charge in [-0.15, -0.1) is 16.9 Å². The third kappa shape index (κ3) is 6.62. The molecule has 1 aromatic heterocycles. The number of carbonyl (C=O) groups is 2. The van der Waals surface area contributed by atoms with E-state index in [0.29, 0.717) is 43.3 Å². The molecule has 3 rings (SSSR count). The fourth-order valence-electron chi connectivity index (χ4n) is 2.93. The maximum atomic E-state index is 12.3. The van der Waals surface area contributed by atoms with Gasteiger partial charge in [0, 0.05) is 29.6 Å². The molecule has 0 atom stereocenters. The van der Waals surface area contributed by atoms with Crippen molar-refractivity contribution in [2.45, 2.75) is 24.8 Å². The molecule has 3 N–H and O–H groups in total. The number of aromatic nitrogens is 2. The van der Waals surface area contributed by atoms with Gasteiger partial charge in [-0.3, -0.25) is 14.7 Å². The van der Waals surface area contributed by atoms with Crippen LogP contribution in [0.15, 0.2) is 59.5 Å². The van der Waals surface area contributed by atoms with E-state index in [1.54, 1.807) is 17.8 Å². The summed E-state index contributed by atoms with van der Waals surface area (Å²) in [6.07, 6.45) is 2.69. The number of nitrogens with zero attached hydrogens (tertiary/aromatic N) is 1. The van der Waals surface area contributed by atoms with Gasteiger partial charge in [0.25, 0.3) is 11.8 Å². The summed E-state index contributed by atoms with van der Waals surface area (Å²) in [6.45, 7) is 3.32. The lowest BCUT2D eigenvalue weighted by Gasteiger charge is -2.08. The third-order valence-corrected chi connectivity index (χ3v) is 5.32. The average molecular weight is 439 g/mol. The van der Waals surface area contributed by atoms with Gasteiger partial charge in [0.1, 0.15) is 5.69 Å². The van der Waals surface area contributed by atoms with Crippen molar-refractivity contribution in [3.05, 3.63) is 77.0 Å². The van der Waals surface area contributed by atoms with Crippen LogP contribution in [0.3, 0.4) is 0 Å². The molecule has 3 aromatic rings. The summed E-state index contributed by atoms with van der Waals surface area (Å²) in [6, 6.07) is 17.1. The van der Waals surface area contributed by atoms with Crippen LogP contribution >= 0.6 is 11.8 Å². The first kappa shape index (κ1) is 22.4. The molecule has 7 nitrogen and oxygen atoms in total. The molecular weight excluding hydrogens is 412 g/mol. The zero-order valence-corrected chi connectivity index (χ0v) is 18.4. The van der Waals surface area contributed by atoms with Crippen LogP contribution in [0.25, 0.3) is 0 Å². The highest BCUT2D eigenvalue weighted by Crippen LogP contribution is 2.16. The van der Waals surface area contributed by atoms with Crippen LogP contribution in [0.1, 0.15) is 38.9 Å². The number of rotatable bonds is 10. The zero-order chi connectivity index (χ0) is 22.1. The Bertz CT molecular complexity index is 1020. The second-order valence-corrected chi connectivity index (χ2v) is 7.67. The van der Waals surface area contributed by atoms with E-state index in [1.165, 1.54) is 0 Å². The molecule has 31 heavy (non-hydrogen) atoms. The van der Waals surface area contributed by atoms with E-state index in [2.05, 4.69) is 20.8 Å². The maximum absolute atomic E-state index is 12.3. The number of carbonyl (C=O) groups excluding carboxylic acids is 2. The SMILES string of the molecule is CCOc1cc(C(=O)NCCc2ccc(CNC(=O)c3cccc(SC)c3)cc2)[nH]n1. The normalized spacial score (nSPS) is 10.5. The number of ether oxygens (including phenoxy) is 1. The summed E-state index contributed by atoms with van der Waals surface area (Å²) >= 11 is 1.61. The lowest BCUT2D eigenvalue weighted by molar-refractivity contribution is 0.0942. The second kappa shape index (κ2) is 11.2. The molecule has 0 bridgehead atoms. The summed E-state index contributed by atoms with van der Waals surface area (Å²) in [4.78, 5) is 25.5. The predicted molar refractivity (Wildman–Crippen MR) is 122 cm³/mol. The van der Waals surface area contributed by atoms with Gasteiger partial charge in [0.2, 0.25) is 5.88 Å². The molecule has 0 spiro atoms. The highest BCUT2D eigenvalue weighted by Gasteiger charge is 2.10. The van der Waals surface area contributed by atoms with Crippen LogP contribution < -0.4 is 15.4 Å². The molecule has 0 unspecified atom stereocenters. The van der Waals surface area contributed by atoms with Gasteiger partial charge >= 0.3 is 0 Å². The van der Waals surface area contributed by atoms with E-state index in [9.17, 15) is 9.59 Å². The molecule has 1 heterocycles. The topological polar surface area (TPSA) is 96.1 Å². The van der Waals surface area contributed by atoms with Crippen LogP contribution in [0.2, 0.25) is 0 Å². The Balaban J connectivity index is 1.43. The minimum atomic E-state index is -0.219. The van der Waals surface area contributed by atoms with E-state index in [-0.39, 0.29) is 11.8 Å². The first-order chi connectivity index (χ1) is 15.1. The smallest absolute Gasteiger partial charge is 0.269 e. The van der Waals surface area contributed by atoms with E-state index in [4.69, 9.17) is 4.74 Å². The summed E-state index contributed by atoms with van der Waals surface area (Å²) in [5.41, 5.74) is 3.15. The number of hydrogen-bond acceptors (Lipinski definition) is 5. The first-order valence-corrected chi connectivity index (χ1v) is 11.3. The summed E-state index contributed by atoms with van der Waals surface area (Å²) in [7, 11) is 0. The molecule has 8 heteroatoms. The monoisotopic (exact) mass is 438 g/mol. The third-order valence-electron chi connectivity index (χ3n) is 4.60. The van der Waals surface area contributed by atoms with E-state index < -0.39 is 0 Å². The number of thioether (sulfide) groups is 1. The molecule has 0 saturated carbocycles. The maximum Gasteiger partial charge on any atom is 0.269 e. The van der Waals surface area contributed by atoms with Crippen LogP contribution in [-0.4, -0.2) is 41.4 Å². The molecule has 0 aliphatic heterocycles. The Hall–Kier alpha value is -3.26. The Labute approximate surface area is 186 Å². The van der Waals surface area contributed by atoms with Crippen LogP contribution in [0, 0.1) is 0 Å². The molecule has 2 aromatic carbocycles. The van der Waals surface area contributed by atoms with Gasteiger partial charge in [-0.25, -0.2) is 0 Å². The van der Waals surface area contributed by atoms with E-state index in [1.807, 2.05) is 61.7 Å². The van der Waals surface area contributed by atoms with Gasteiger partial charge in [-0.05, 0) is 48.9 Å². The summed E-state index contributed by atoms with van der Waals surface area (Å²) < 4.78 is 5.24. The van der Waals surface area contributed by atoms with Crippen molar-refractivity contribution in [3.63, 3.8) is 0 Å². The molecule has 0 aliphatic carbocycles. The minimum absolute atomic E-state index is 0.0889. The van der Waals surface area contributed by atoms with Crippen molar-refractivity contribution >= 4 is 23.6 Å². The Morgan fingerprint density at radius 1 is 1.03 bits per heavy atom. The van der Waals surface area contributed by atoms with Gasteiger partial charge in [0.05, 0.1) is 6.61 Å². The van der Waals surface area contributed by atoms with Gasteiger partial charge in [-0.2, -0.15) is 0 Å². The lowest BCUT2D eigenvalue weighted by atomic mass is 10.1. The van der Waals surface area contributed by atoms with Gasteiger partial charge < -0.3 is 15.4 Å². The van der Waals surface area contributed by atoms with Gasteiger partial charge in [0.15, 0.2) is 0 Å². The molecule has 162 valence electrons. The van der Waals surface area contributed by atoms with Crippen LogP contribution in [-0.2, 0) is 13.0 Å². The number of benzene rings is 2. The first-order valence-electron chi connectivity index (χ1n) is 10.1. The van der Waals surface area contributed by atoms with Crippen molar-refractivity contribution in [1.82, 2.24) is 20.8 Å². The van der Waals surface area contributed by atoms with Crippen molar-refractivity contribution in [2.24, 2.45) is 0 Å². The predicted octanol–water partition coefficient (Wildman–Crippen LogP) is 3.43.